The Hall–Kier alpha value is -3.40. The van der Waals surface area contributed by atoms with Gasteiger partial charge in [0, 0.05) is 26.4 Å². The van der Waals surface area contributed by atoms with Crippen LogP contribution < -0.4 is 20.1 Å². The first-order valence-corrected chi connectivity index (χ1v) is 9.07. The Morgan fingerprint density at radius 2 is 1.79 bits per heavy atom. The summed E-state index contributed by atoms with van der Waals surface area (Å²) in [5, 5.41) is 6.26. The van der Waals surface area contributed by atoms with Gasteiger partial charge in [-0.25, -0.2) is 4.98 Å². The molecule has 0 fully saturated rings. The van der Waals surface area contributed by atoms with Gasteiger partial charge in [0.05, 0.1) is 38.5 Å². The maximum absolute atomic E-state index is 5.55. The van der Waals surface area contributed by atoms with Gasteiger partial charge in [0.1, 0.15) is 5.75 Å². The van der Waals surface area contributed by atoms with Crippen LogP contribution in [0, 0.1) is 6.92 Å². The maximum atomic E-state index is 5.55. The van der Waals surface area contributed by atoms with E-state index in [1.807, 2.05) is 35.9 Å². The molecule has 0 spiro atoms. The molecule has 10 heteroatoms. The summed E-state index contributed by atoms with van der Waals surface area (Å²) in [5.41, 5.74) is 2.87. The molecule has 3 rings (SSSR count). The van der Waals surface area contributed by atoms with Crippen LogP contribution in [0.2, 0.25) is 0 Å². The molecule has 10 nitrogen and oxygen atoms in total. The zero-order valence-electron chi connectivity index (χ0n) is 17.0. The van der Waals surface area contributed by atoms with Crippen LogP contribution in [-0.2, 0) is 11.3 Å². The van der Waals surface area contributed by atoms with Crippen molar-refractivity contribution in [1.29, 1.82) is 0 Å². The molecule has 29 heavy (non-hydrogen) atoms. The number of hydrogen-bond acceptors (Lipinski definition) is 9. The van der Waals surface area contributed by atoms with Crippen molar-refractivity contribution in [2.75, 3.05) is 45.1 Å². The van der Waals surface area contributed by atoms with Crippen molar-refractivity contribution in [2.24, 2.45) is 0 Å². The number of imidazole rings is 1. The van der Waals surface area contributed by atoms with E-state index in [0.29, 0.717) is 31.6 Å². The van der Waals surface area contributed by atoms with Gasteiger partial charge in [-0.2, -0.15) is 15.0 Å². The molecule has 0 bridgehead atoms. The van der Waals surface area contributed by atoms with Crippen LogP contribution in [0.3, 0.4) is 0 Å². The summed E-state index contributed by atoms with van der Waals surface area (Å²) in [4.78, 5) is 17.0. The molecular formula is C19H25N7O3. The summed E-state index contributed by atoms with van der Waals surface area (Å²) < 4.78 is 17.7. The zero-order valence-corrected chi connectivity index (χ0v) is 17.0. The van der Waals surface area contributed by atoms with E-state index in [1.54, 1.807) is 20.5 Å². The highest BCUT2D eigenvalue weighted by Crippen LogP contribution is 2.25. The fourth-order valence-electron chi connectivity index (χ4n) is 2.65. The van der Waals surface area contributed by atoms with Gasteiger partial charge in [-0.1, -0.05) is 6.07 Å². The fourth-order valence-corrected chi connectivity index (χ4v) is 2.65. The van der Waals surface area contributed by atoms with Crippen LogP contribution in [0.4, 0.5) is 11.9 Å². The Balaban J connectivity index is 1.73. The quantitative estimate of drug-likeness (QED) is 0.495. The van der Waals surface area contributed by atoms with Crippen molar-refractivity contribution in [1.82, 2.24) is 24.5 Å². The Kier molecular flexibility index (Phi) is 6.80. The molecule has 2 heterocycles. The second-order valence-corrected chi connectivity index (χ2v) is 6.17. The monoisotopic (exact) mass is 399 g/mol. The van der Waals surface area contributed by atoms with E-state index in [0.717, 1.165) is 22.7 Å². The fraction of sp³-hybridized carbons (Fsp3) is 0.368. The topological polar surface area (TPSA) is 108 Å². The van der Waals surface area contributed by atoms with Crippen molar-refractivity contribution >= 4 is 11.9 Å². The van der Waals surface area contributed by atoms with Crippen LogP contribution in [0.1, 0.15) is 11.3 Å². The van der Waals surface area contributed by atoms with Gasteiger partial charge in [0.15, 0.2) is 0 Å². The number of anilines is 2. The van der Waals surface area contributed by atoms with Gasteiger partial charge in [-0.05, 0) is 24.6 Å². The third kappa shape index (κ3) is 5.32. The summed E-state index contributed by atoms with van der Waals surface area (Å²) >= 11 is 0. The number of methoxy groups -OCH3 is 3. The smallest absolute Gasteiger partial charge is 0.322 e. The van der Waals surface area contributed by atoms with Gasteiger partial charge >= 0.3 is 6.01 Å². The maximum Gasteiger partial charge on any atom is 0.322 e. The van der Waals surface area contributed by atoms with Crippen molar-refractivity contribution in [3.8, 4) is 17.4 Å². The minimum Gasteiger partial charge on any atom is -0.495 e. The third-order valence-corrected chi connectivity index (χ3v) is 4.07. The second-order valence-electron chi connectivity index (χ2n) is 6.17. The van der Waals surface area contributed by atoms with Crippen LogP contribution in [-0.4, -0.2) is 59.0 Å². The van der Waals surface area contributed by atoms with Gasteiger partial charge in [0.2, 0.25) is 11.9 Å². The van der Waals surface area contributed by atoms with Gasteiger partial charge in [0.25, 0.3) is 0 Å². The summed E-state index contributed by atoms with van der Waals surface area (Å²) in [6.45, 7) is 3.57. The molecule has 0 aliphatic carbocycles. The average Bonchev–Trinajstić information content (AvgIpc) is 3.18. The molecule has 0 atom stereocenters. The average molecular weight is 399 g/mol. The van der Waals surface area contributed by atoms with E-state index in [9.17, 15) is 0 Å². The van der Waals surface area contributed by atoms with E-state index < -0.39 is 0 Å². The normalized spacial score (nSPS) is 10.6. The molecule has 0 amide bonds. The minimum absolute atomic E-state index is 0.228. The van der Waals surface area contributed by atoms with Crippen LogP contribution >= 0.6 is 0 Å². The van der Waals surface area contributed by atoms with Crippen molar-refractivity contribution in [2.45, 2.75) is 13.5 Å². The molecule has 0 saturated carbocycles. The molecular weight excluding hydrogens is 374 g/mol. The van der Waals surface area contributed by atoms with Gasteiger partial charge in [-0.15, -0.1) is 0 Å². The predicted octanol–water partition coefficient (Wildman–Crippen LogP) is 2.05. The number of ether oxygens (including phenoxy) is 3. The molecule has 154 valence electrons. The van der Waals surface area contributed by atoms with Crippen LogP contribution in [0.15, 0.2) is 30.7 Å². The molecule has 3 aromatic rings. The Bertz CT molecular complexity index is 945. The Morgan fingerprint density at radius 3 is 2.45 bits per heavy atom. The minimum atomic E-state index is 0.228. The second kappa shape index (κ2) is 9.69. The number of nitrogens with zero attached hydrogens (tertiary/aromatic N) is 5. The first-order chi connectivity index (χ1) is 14.1. The highest BCUT2D eigenvalue weighted by molar-refractivity contribution is 5.50. The van der Waals surface area contributed by atoms with E-state index in [1.165, 1.54) is 7.11 Å². The lowest BCUT2D eigenvalue weighted by molar-refractivity contribution is 0.210. The Morgan fingerprint density at radius 1 is 1.00 bits per heavy atom. The predicted molar refractivity (Wildman–Crippen MR) is 109 cm³/mol. The summed E-state index contributed by atoms with van der Waals surface area (Å²) in [5.74, 6) is 1.57. The van der Waals surface area contributed by atoms with Crippen molar-refractivity contribution < 1.29 is 14.2 Å². The number of hydrogen-bond donors (Lipinski definition) is 2. The number of rotatable bonds is 10. The highest BCUT2D eigenvalue weighted by atomic mass is 16.5. The lowest BCUT2D eigenvalue weighted by Gasteiger charge is -2.12. The highest BCUT2D eigenvalue weighted by Gasteiger charge is 2.09. The molecule has 2 aromatic heterocycles. The largest absolute Gasteiger partial charge is 0.495 e. The summed E-state index contributed by atoms with van der Waals surface area (Å²) in [6.07, 6.45) is 3.71. The lowest BCUT2D eigenvalue weighted by Crippen LogP contribution is -2.13. The molecule has 0 saturated heterocycles. The van der Waals surface area contributed by atoms with Crippen molar-refractivity contribution in [3.63, 3.8) is 0 Å². The first-order valence-electron chi connectivity index (χ1n) is 9.07. The SMILES string of the molecule is COCCNc1nc(NCc2ccc(-n3cnc(C)c3)c(OC)c2)nc(OC)n1. The molecule has 0 radical (unpaired) electrons. The van der Waals surface area contributed by atoms with E-state index in [2.05, 4.69) is 30.6 Å². The standard InChI is InChI=1S/C19H25N7O3/c1-13-11-26(12-22-13)15-6-5-14(9-16(15)28-3)10-21-18-23-17(20-7-8-27-2)24-19(25-18)29-4/h5-6,9,11-12H,7-8,10H2,1-4H3,(H2,20,21,23,24,25). The molecule has 1 aromatic carbocycles. The van der Waals surface area contributed by atoms with E-state index in [-0.39, 0.29) is 6.01 Å². The first kappa shape index (κ1) is 20.3. The molecule has 0 unspecified atom stereocenters. The third-order valence-electron chi connectivity index (χ3n) is 4.07. The molecule has 0 aliphatic heterocycles. The van der Waals surface area contributed by atoms with Crippen molar-refractivity contribution in [3.05, 3.63) is 42.0 Å². The molecule has 0 aliphatic rings. The number of aromatic nitrogens is 5. The Labute approximate surface area is 169 Å². The zero-order chi connectivity index (χ0) is 20.6. The van der Waals surface area contributed by atoms with Gasteiger partial charge < -0.3 is 29.4 Å². The van der Waals surface area contributed by atoms with Crippen LogP contribution in [0.25, 0.3) is 5.69 Å². The summed E-state index contributed by atoms with van der Waals surface area (Å²) in [7, 11) is 4.80. The van der Waals surface area contributed by atoms with E-state index in [4.69, 9.17) is 14.2 Å². The number of aryl methyl sites for hydroxylation is 1. The van der Waals surface area contributed by atoms with Crippen LogP contribution in [0.5, 0.6) is 11.8 Å². The number of nitrogens with one attached hydrogen (secondary N) is 2. The summed E-state index contributed by atoms with van der Waals surface area (Å²) in [6, 6.07) is 6.19. The van der Waals surface area contributed by atoms with Gasteiger partial charge in [-0.3, -0.25) is 0 Å². The number of benzene rings is 1. The lowest BCUT2D eigenvalue weighted by atomic mass is 10.2. The van der Waals surface area contributed by atoms with E-state index >= 15 is 0 Å². The molecule has 2 N–H and O–H groups in total.